The third-order valence-corrected chi connectivity index (χ3v) is 7.32. The molecule has 3 aromatic rings. The maximum atomic E-state index is 13.7. The molecule has 0 radical (unpaired) electrons. The van der Waals surface area contributed by atoms with Crippen LogP contribution in [0.3, 0.4) is 0 Å². The largest absolute Gasteiger partial charge is 0.366 e. The molecule has 2 amide bonds. The second-order valence-electron chi connectivity index (χ2n) is 9.38. The fraction of sp³-hybridized carbons (Fsp3) is 0.286. The topological polar surface area (TPSA) is 98.8 Å². The van der Waals surface area contributed by atoms with Crippen LogP contribution in [0.25, 0.3) is 0 Å². The second kappa shape index (κ2) is 11.9. The first-order valence-corrected chi connectivity index (χ1v) is 14.6. The minimum Gasteiger partial charge on any atom is -0.366 e. The molecule has 1 saturated heterocycles. The Morgan fingerprint density at radius 3 is 2.21 bits per heavy atom. The molecule has 0 spiro atoms. The standard InChI is InChI=1S/C28H31ClN4O4S/c1-20-7-3-4-8-23(20)27(34)30-25(19-21-11-13-22(29)14-12-21)28(35)33-17-15-32(16-18-33)26-10-6-5-9-24(26)31-38(2,36)37/h3-14,25,31H,15-19H2,1-2H3,(H,30,34)/t25-/m1/s1. The number of piperazine rings is 1. The Morgan fingerprint density at radius 2 is 1.55 bits per heavy atom. The van der Waals surface area contributed by atoms with Gasteiger partial charge in [0.15, 0.2) is 0 Å². The summed E-state index contributed by atoms with van der Waals surface area (Å²) in [6, 6.07) is 21.0. The van der Waals surface area contributed by atoms with Gasteiger partial charge in [0.1, 0.15) is 6.04 Å². The first-order valence-electron chi connectivity index (χ1n) is 12.3. The lowest BCUT2D eigenvalue weighted by atomic mass is 10.0. The van der Waals surface area contributed by atoms with Gasteiger partial charge in [0.2, 0.25) is 15.9 Å². The van der Waals surface area contributed by atoms with E-state index < -0.39 is 16.1 Å². The molecular formula is C28H31ClN4O4S. The van der Waals surface area contributed by atoms with E-state index in [0.717, 1.165) is 23.1 Å². The van der Waals surface area contributed by atoms with Crippen molar-refractivity contribution in [2.45, 2.75) is 19.4 Å². The van der Waals surface area contributed by atoms with E-state index >= 15 is 0 Å². The van der Waals surface area contributed by atoms with E-state index in [1.807, 2.05) is 43.3 Å². The number of carbonyl (C=O) groups excluding carboxylic acids is 2. The van der Waals surface area contributed by atoms with Crippen molar-refractivity contribution in [3.8, 4) is 0 Å². The van der Waals surface area contributed by atoms with Crippen molar-refractivity contribution in [3.63, 3.8) is 0 Å². The molecule has 3 aromatic carbocycles. The van der Waals surface area contributed by atoms with E-state index in [-0.39, 0.29) is 11.8 Å². The van der Waals surface area contributed by atoms with Gasteiger partial charge in [-0.1, -0.05) is 54.1 Å². The van der Waals surface area contributed by atoms with Gasteiger partial charge in [-0.2, -0.15) is 0 Å². The fourth-order valence-corrected chi connectivity index (χ4v) is 5.24. The van der Waals surface area contributed by atoms with E-state index in [0.29, 0.717) is 48.9 Å². The number of hydrogen-bond acceptors (Lipinski definition) is 5. The molecule has 0 saturated carbocycles. The molecule has 200 valence electrons. The van der Waals surface area contributed by atoms with Crippen LogP contribution < -0.4 is 14.9 Å². The molecule has 2 N–H and O–H groups in total. The number of rotatable bonds is 8. The summed E-state index contributed by atoms with van der Waals surface area (Å²) in [6.07, 6.45) is 1.45. The van der Waals surface area contributed by atoms with Crippen molar-refractivity contribution in [2.24, 2.45) is 0 Å². The van der Waals surface area contributed by atoms with Gasteiger partial charge in [-0.3, -0.25) is 14.3 Å². The van der Waals surface area contributed by atoms with Crippen LogP contribution in [-0.4, -0.2) is 63.6 Å². The highest BCUT2D eigenvalue weighted by atomic mass is 35.5. The number of sulfonamides is 1. The Balaban J connectivity index is 1.49. The Labute approximate surface area is 228 Å². The number of amides is 2. The van der Waals surface area contributed by atoms with Gasteiger partial charge in [-0.05, 0) is 48.4 Å². The molecule has 4 rings (SSSR count). The molecule has 1 heterocycles. The van der Waals surface area contributed by atoms with Crippen molar-refractivity contribution in [3.05, 3.63) is 94.5 Å². The van der Waals surface area contributed by atoms with Crippen LogP contribution in [0.2, 0.25) is 5.02 Å². The number of nitrogens with one attached hydrogen (secondary N) is 2. The van der Waals surface area contributed by atoms with Gasteiger partial charge in [0.05, 0.1) is 17.6 Å². The molecule has 1 fully saturated rings. The third-order valence-electron chi connectivity index (χ3n) is 6.48. The monoisotopic (exact) mass is 554 g/mol. The summed E-state index contributed by atoms with van der Waals surface area (Å²) in [5.41, 5.74) is 3.51. The van der Waals surface area contributed by atoms with Gasteiger partial charge in [0, 0.05) is 43.2 Å². The van der Waals surface area contributed by atoms with Crippen LogP contribution in [0.1, 0.15) is 21.5 Å². The first-order chi connectivity index (χ1) is 18.1. The highest BCUT2D eigenvalue weighted by Gasteiger charge is 2.30. The maximum Gasteiger partial charge on any atom is 0.252 e. The Bertz CT molecular complexity index is 1400. The van der Waals surface area contributed by atoms with Crippen molar-refractivity contribution >= 4 is 44.8 Å². The minimum absolute atomic E-state index is 0.163. The molecule has 8 nitrogen and oxygen atoms in total. The van der Waals surface area contributed by atoms with Gasteiger partial charge >= 0.3 is 0 Å². The number of halogens is 1. The predicted molar refractivity (Wildman–Crippen MR) is 151 cm³/mol. The summed E-state index contributed by atoms with van der Waals surface area (Å²) in [5, 5.41) is 3.56. The van der Waals surface area contributed by atoms with Crippen LogP contribution >= 0.6 is 11.6 Å². The van der Waals surface area contributed by atoms with Crippen LogP contribution in [0.4, 0.5) is 11.4 Å². The minimum atomic E-state index is -3.43. The fourth-order valence-electron chi connectivity index (χ4n) is 4.54. The zero-order valence-electron chi connectivity index (χ0n) is 21.4. The van der Waals surface area contributed by atoms with E-state index in [9.17, 15) is 18.0 Å². The number of hydrogen-bond donors (Lipinski definition) is 2. The van der Waals surface area contributed by atoms with Crippen molar-refractivity contribution in [1.29, 1.82) is 0 Å². The number of carbonyl (C=O) groups is 2. The second-order valence-corrected chi connectivity index (χ2v) is 11.6. The summed E-state index contributed by atoms with van der Waals surface area (Å²) >= 11 is 6.04. The van der Waals surface area contributed by atoms with Crippen LogP contribution in [0.15, 0.2) is 72.8 Å². The van der Waals surface area contributed by atoms with Gasteiger partial charge in [-0.15, -0.1) is 0 Å². The van der Waals surface area contributed by atoms with Gasteiger partial charge in [0.25, 0.3) is 5.91 Å². The lowest BCUT2D eigenvalue weighted by Gasteiger charge is -2.38. The van der Waals surface area contributed by atoms with Crippen molar-refractivity contribution in [1.82, 2.24) is 10.2 Å². The molecule has 38 heavy (non-hydrogen) atoms. The smallest absolute Gasteiger partial charge is 0.252 e. The first kappa shape index (κ1) is 27.5. The SMILES string of the molecule is Cc1ccccc1C(=O)N[C@H](Cc1ccc(Cl)cc1)C(=O)N1CCN(c2ccccc2NS(C)(=O)=O)CC1. The van der Waals surface area contributed by atoms with E-state index in [2.05, 4.69) is 14.9 Å². The zero-order chi connectivity index (χ0) is 27.3. The van der Waals surface area contributed by atoms with Crippen molar-refractivity contribution in [2.75, 3.05) is 42.1 Å². The van der Waals surface area contributed by atoms with E-state index in [1.165, 1.54) is 0 Å². The molecule has 1 atom stereocenters. The Morgan fingerprint density at radius 1 is 0.921 bits per heavy atom. The Kier molecular flexibility index (Phi) is 8.58. The Hall–Kier alpha value is -3.56. The lowest BCUT2D eigenvalue weighted by Crippen LogP contribution is -2.55. The molecule has 1 aliphatic heterocycles. The molecule has 1 aliphatic rings. The van der Waals surface area contributed by atoms with Gasteiger partial charge in [-0.25, -0.2) is 8.42 Å². The summed E-state index contributed by atoms with van der Waals surface area (Å²) in [4.78, 5) is 30.6. The van der Waals surface area contributed by atoms with E-state index in [4.69, 9.17) is 11.6 Å². The summed E-state index contributed by atoms with van der Waals surface area (Å²) in [7, 11) is -3.43. The van der Waals surface area contributed by atoms with E-state index in [1.54, 1.807) is 41.3 Å². The average Bonchev–Trinajstić information content (AvgIpc) is 2.89. The summed E-state index contributed by atoms with van der Waals surface area (Å²) < 4.78 is 26.2. The van der Waals surface area contributed by atoms with Crippen LogP contribution in [0, 0.1) is 6.92 Å². The number of para-hydroxylation sites is 2. The molecule has 10 heteroatoms. The third kappa shape index (κ3) is 7.05. The number of nitrogens with zero attached hydrogens (tertiary/aromatic N) is 2. The number of anilines is 2. The average molecular weight is 555 g/mol. The normalized spacial score (nSPS) is 14.6. The number of aryl methyl sites for hydroxylation is 1. The van der Waals surface area contributed by atoms with Gasteiger partial charge < -0.3 is 15.1 Å². The molecular weight excluding hydrogens is 524 g/mol. The molecule has 0 aliphatic carbocycles. The van der Waals surface area contributed by atoms with Crippen LogP contribution in [0.5, 0.6) is 0 Å². The predicted octanol–water partition coefficient (Wildman–Crippen LogP) is 3.71. The highest BCUT2D eigenvalue weighted by Crippen LogP contribution is 2.27. The molecule has 0 unspecified atom stereocenters. The molecule has 0 aromatic heterocycles. The molecule has 0 bridgehead atoms. The quantitative estimate of drug-likeness (QED) is 0.442. The zero-order valence-corrected chi connectivity index (χ0v) is 22.9. The lowest BCUT2D eigenvalue weighted by molar-refractivity contribution is -0.133. The summed E-state index contributed by atoms with van der Waals surface area (Å²) in [6.45, 7) is 3.77. The number of benzene rings is 3. The summed E-state index contributed by atoms with van der Waals surface area (Å²) in [5.74, 6) is -0.459. The highest BCUT2D eigenvalue weighted by molar-refractivity contribution is 7.92. The van der Waals surface area contributed by atoms with Crippen molar-refractivity contribution < 1.29 is 18.0 Å². The maximum absolute atomic E-state index is 13.7. The van der Waals surface area contributed by atoms with Crippen LogP contribution in [-0.2, 0) is 21.2 Å².